The molecule has 0 radical (unpaired) electrons. The van der Waals surface area contributed by atoms with Gasteiger partial charge in [-0.05, 0) is 28.8 Å². The van der Waals surface area contributed by atoms with Crippen LogP contribution in [-0.4, -0.2) is 45.7 Å². The van der Waals surface area contributed by atoms with Crippen LogP contribution in [0.2, 0.25) is 0 Å². The Hall–Kier alpha value is -1.74. The molecule has 108 valence electrons. The van der Waals surface area contributed by atoms with Gasteiger partial charge in [0.1, 0.15) is 4.60 Å². The highest BCUT2D eigenvalue weighted by Crippen LogP contribution is 2.19. The van der Waals surface area contributed by atoms with E-state index in [4.69, 9.17) is 5.11 Å². The van der Waals surface area contributed by atoms with Crippen molar-refractivity contribution < 1.29 is 14.7 Å². The van der Waals surface area contributed by atoms with Crippen molar-refractivity contribution in [3.05, 3.63) is 17.0 Å². The smallest absolute Gasteiger partial charge is 0.404 e. The molecule has 0 bridgehead atoms. The Morgan fingerprint density at radius 1 is 1.35 bits per heavy atom. The number of hydrogen-bond donors (Lipinski definition) is 4. The Morgan fingerprint density at radius 2 is 2.10 bits per heavy atom. The van der Waals surface area contributed by atoms with Crippen LogP contribution in [0, 0.1) is 0 Å². The molecule has 1 fully saturated rings. The molecule has 8 nitrogen and oxygen atoms in total. The van der Waals surface area contributed by atoms with Gasteiger partial charge >= 0.3 is 6.09 Å². The van der Waals surface area contributed by atoms with E-state index in [1.54, 1.807) is 0 Å². The number of carbonyl (C=O) groups is 2. The second-order valence-electron chi connectivity index (χ2n) is 4.47. The van der Waals surface area contributed by atoms with Crippen LogP contribution in [0.15, 0.2) is 17.0 Å². The number of halogens is 1. The van der Waals surface area contributed by atoms with Crippen LogP contribution in [0.25, 0.3) is 0 Å². The number of hydrogen-bond acceptors (Lipinski definition) is 5. The molecule has 0 unspecified atom stereocenters. The summed E-state index contributed by atoms with van der Waals surface area (Å²) in [5.74, 6) is 0.164. The first-order chi connectivity index (χ1) is 9.52. The number of nitrogens with zero attached hydrogens (tertiary/aromatic N) is 2. The highest BCUT2D eigenvalue weighted by atomic mass is 79.9. The maximum Gasteiger partial charge on any atom is 0.404 e. The minimum absolute atomic E-state index is 0.0241. The predicted octanol–water partition coefficient (Wildman–Crippen LogP) is 0.566. The number of amides is 2. The standard InChI is InChI=1S/C11H14BrN5O3/c12-8-3-13-4-9(16-8)17-10(18)5-14-6-1-7(2-6)15-11(19)20/h3-4,6-7,14-15H,1-2,5H2,(H,19,20)(H,16,17,18). The zero-order chi connectivity index (χ0) is 14.5. The molecule has 2 rings (SSSR count). The molecule has 1 heterocycles. The summed E-state index contributed by atoms with van der Waals surface area (Å²) in [4.78, 5) is 30.0. The molecule has 1 saturated carbocycles. The van der Waals surface area contributed by atoms with Crippen LogP contribution in [0.3, 0.4) is 0 Å². The molecule has 4 N–H and O–H groups in total. The van der Waals surface area contributed by atoms with Gasteiger partial charge in [-0.25, -0.2) is 9.78 Å². The van der Waals surface area contributed by atoms with Crippen LogP contribution >= 0.6 is 15.9 Å². The summed E-state index contributed by atoms with van der Waals surface area (Å²) < 4.78 is 0.546. The van der Waals surface area contributed by atoms with Gasteiger partial charge in [0, 0.05) is 12.1 Å². The van der Waals surface area contributed by atoms with E-state index in [0.29, 0.717) is 23.3 Å². The summed E-state index contributed by atoms with van der Waals surface area (Å²) in [6.07, 6.45) is 3.35. The number of aromatic nitrogens is 2. The maximum atomic E-state index is 11.7. The summed E-state index contributed by atoms with van der Waals surface area (Å²) in [7, 11) is 0. The second-order valence-corrected chi connectivity index (χ2v) is 5.28. The lowest BCUT2D eigenvalue weighted by atomic mass is 9.87. The van der Waals surface area contributed by atoms with Gasteiger partial charge in [-0.15, -0.1) is 0 Å². The lowest BCUT2D eigenvalue weighted by Crippen LogP contribution is -2.53. The van der Waals surface area contributed by atoms with Crippen LogP contribution in [0.1, 0.15) is 12.8 Å². The highest BCUT2D eigenvalue weighted by Gasteiger charge is 2.30. The molecule has 1 aliphatic carbocycles. The van der Waals surface area contributed by atoms with Gasteiger partial charge in [-0.2, -0.15) is 0 Å². The van der Waals surface area contributed by atoms with Crippen molar-refractivity contribution in [2.24, 2.45) is 0 Å². The minimum atomic E-state index is -1.01. The maximum absolute atomic E-state index is 11.7. The molecule has 0 saturated heterocycles. The Morgan fingerprint density at radius 3 is 2.75 bits per heavy atom. The quantitative estimate of drug-likeness (QED) is 0.620. The van der Waals surface area contributed by atoms with Gasteiger partial charge in [0.05, 0.1) is 18.9 Å². The average Bonchev–Trinajstić information content (AvgIpc) is 2.31. The summed E-state index contributed by atoms with van der Waals surface area (Å²) in [6.45, 7) is 0.151. The van der Waals surface area contributed by atoms with Crippen molar-refractivity contribution in [3.63, 3.8) is 0 Å². The molecular formula is C11H14BrN5O3. The lowest BCUT2D eigenvalue weighted by molar-refractivity contribution is -0.115. The zero-order valence-corrected chi connectivity index (χ0v) is 12.1. The molecule has 2 amide bonds. The Labute approximate surface area is 123 Å². The first kappa shape index (κ1) is 14.7. The van der Waals surface area contributed by atoms with Gasteiger partial charge in [0.2, 0.25) is 5.91 Å². The first-order valence-electron chi connectivity index (χ1n) is 6.03. The normalized spacial score (nSPS) is 20.9. The molecular weight excluding hydrogens is 330 g/mol. The highest BCUT2D eigenvalue weighted by molar-refractivity contribution is 9.10. The topological polar surface area (TPSA) is 116 Å². The van der Waals surface area contributed by atoms with Crippen LogP contribution in [0.4, 0.5) is 10.6 Å². The van der Waals surface area contributed by atoms with Crippen molar-refractivity contribution in [1.82, 2.24) is 20.6 Å². The molecule has 0 spiro atoms. The second kappa shape index (κ2) is 6.62. The third kappa shape index (κ3) is 4.42. The van der Waals surface area contributed by atoms with E-state index >= 15 is 0 Å². The van der Waals surface area contributed by atoms with Gasteiger partial charge in [-0.3, -0.25) is 9.78 Å². The molecule has 1 aliphatic rings. The fourth-order valence-electron chi connectivity index (χ4n) is 1.90. The van der Waals surface area contributed by atoms with Crippen LogP contribution in [0.5, 0.6) is 0 Å². The monoisotopic (exact) mass is 343 g/mol. The number of nitrogens with one attached hydrogen (secondary N) is 3. The number of carboxylic acid groups (broad SMARTS) is 1. The first-order valence-corrected chi connectivity index (χ1v) is 6.82. The number of carbonyl (C=O) groups excluding carboxylic acids is 1. The molecule has 0 atom stereocenters. The summed E-state index contributed by atoms with van der Waals surface area (Å²) >= 11 is 3.17. The molecule has 20 heavy (non-hydrogen) atoms. The minimum Gasteiger partial charge on any atom is -0.465 e. The van der Waals surface area contributed by atoms with E-state index in [1.807, 2.05) is 0 Å². The summed E-state index contributed by atoms with van der Waals surface area (Å²) in [6, 6.07) is 0.134. The van der Waals surface area contributed by atoms with Crippen molar-refractivity contribution in [2.45, 2.75) is 24.9 Å². The van der Waals surface area contributed by atoms with Crippen LogP contribution in [-0.2, 0) is 4.79 Å². The predicted molar refractivity (Wildman–Crippen MR) is 74.3 cm³/mol. The van der Waals surface area contributed by atoms with E-state index in [2.05, 4.69) is 41.8 Å². The Bertz CT molecular complexity index is 507. The van der Waals surface area contributed by atoms with E-state index in [-0.39, 0.29) is 24.5 Å². The third-order valence-electron chi connectivity index (χ3n) is 2.89. The van der Waals surface area contributed by atoms with E-state index < -0.39 is 6.09 Å². The number of rotatable bonds is 5. The number of anilines is 1. The van der Waals surface area contributed by atoms with E-state index in [9.17, 15) is 9.59 Å². The van der Waals surface area contributed by atoms with Crippen molar-refractivity contribution in [3.8, 4) is 0 Å². The zero-order valence-electron chi connectivity index (χ0n) is 10.5. The summed E-state index contributed by atoms with van der Waals surface area (Å²) in [5, 5.41) is 16.6. The van der Waals surface area contributed by atoms with Crippen LogP contribution < -0.4 is 16.0 Å². The van der Waals surface area contributed by atoms with Gasteiger partial charge in [0.25, 0.3) is 0 Å². The SMILES string of the molecule is O=C(O)NC1CC(NCC(=O)Nc2cncc(Br)n2)C1. The van der Waals surface area contributed by atoms with E-state index in [1.165, 1.54) is 12.4 Å². The molecule has 1 aromatic heterocycles. The van der Waals surface area contributed by atoms with Gasteiger partial charge < -0.3 is 21.1 Å². The van der Waals surface area contributed by atoms with Gasteiger partial charge in [0.15, 0.2) is 5.82 Å². The van der Waals surface area contributed by atoms with Crippen molar-refractivity contribution in [2.75, 3.05) is 11.9 Å². The third-order valence-corrected chi connectivity index (χ3v) is 3.27. The van der Waals surface area contributed by atoms with E-state index in [0.717, 1.165) is 0 Å². The average molecular weight is 344 g/mol. The fraction of sp³-hybridized carbons (Fsp3) is 0.455. The molecule has 1 aromatic rings. The largest absolute Gasteiger partial charge is 0.465 e. The molecule has 0 aliphatic heterocycles. The van der Waals surface area contributed by atoms with Crippen molar-refractivity contribution >= 4 is 33.7 Å². The van der Waals surface area contributed by atoms with Crippen molar-refractivity contribution in [1.29, 1.82) is 0 Å². The molecule has 0 aromatic carbocycles. The fourth-order valence-corrected chi connectivity index (χ4v) is 2.21. The Kier molecular flexibility index (Phi) is 4.85. The summed E-state index contributed by atoms with van der Waals surface area (Å²) in [5.41, 5.74) is 0. The Balaban J connectivity index is 1.65. The lowest BCUT2D eigenvalue weighted by Gasteiger charge is -2.35. The molecule has 9 heteroatoms. The van der Waals surface area contributed by atoms with Gasteiger partial charge in [-0.1, -0.05) is 0 Å².